The van der Waals surface area contributed by atoms with Crippen LogP contribution in [0.1, 0.15) is 12.5 Å². The van der Waals surface area contributed by atoms with Gasteiger partial charge in [-0.25, -0.2) is 4.39 Å². The molecule has 0 aliphatic rings. The van der Waals surface area contributed by atoms with Gasteiger partial charge in [0.25, 0.3) is 0 Å². The summed E-state index contributed by atoms with van der Waals surface area (Å²) in [5.74, 6) is 0.179. The van der Waals surface area contributed by atoms with Crippen molar-refractivity contribution in [2.24, 2.45) is 0 Å². The number of hydrogen-bond donors (Lipinski definition) is 1. The van der Waals surface area contributed by atoms with E-state index in [2.05, 4.69) is 0 Å². The third kappa shape index (κ3) is 4.16. The highest BCUT2D eigenvalue weighted by atomic mass is 32.2. The first kappa shape index (κ1) is 11.8. The molecule has 0 amide bonds. The predicted molar refractivity (Wildman–Crippen MR) is 63.0 cm³/mol. The molecule has 0 atom stereocenters. The van der Waals surface area contributed by atoms with E-state index in [4.69, 9.17) is 5.73 Å². The monoisotopic (exact) mass is 225 g/mol. The van der Waals surface area contributed by atoms with Crippen molar-refractivity contribution in [1.29, 1.82) is 0 Å². The molecule has 0 saturated carbocycles. The fraction of sp³-hybridized carbons (Fsp3) is 0.182. The zero-order chi connectivity index (χ0) is 11.3. The Hall–Kier alpha value is -1.29. The Kier molecular flexibility index (Phi) is 4.37. The third-order valence-corrected chi connectivity index (χ3v) is 2.48. The molecule has 0 aliphatic carbocycles. The first-order valence-corrected chi connectivity index (χ1v) is 5.43. The maximum absolute atomic E-state index is 13.0. The summed E-state index contributed by atoms with van der Waals surface area (Å²) in [6.45, 7) is 1.52. The molecule has 80 valence electrons. The highest BCUT2D eigenvalue weighted by Crippen LogP contribution is 2.13. The molecule has 1 aromatic carbocycles. The lowest BCUT2D eigenvalue weighted by atomic mass is 10.2. The van der Waals surface area contributed by atoms with Crippen LogP contribution in [0.4, 0.5) is 10.1 Å². The van der Waals surface area contributed by atoms with E-state index in [1.807, 2.05) is 6.08 Å². The number of nitrogen functional groups attached to an aromatic ring is 1. The number of rotatable bonds is 3. The van der Waals surface area contributed by atoms with E-state index >= 15 is 0 Å². The normalized spacial score (nSPS) is 10.8. The number of hydrogen-bond acceptors (Lipinski definition) is 3. The molecular weight excluding hydrogens is 213 g/mol. The fourth-order valence-electron chi connectivity index (χ4n) is 0.997. The van der Waals surface area contributed by atoms with Gasteiger partial charge in [-0.2, -0.15) is 0 Å². The van der Waals surface area contributed by atoms with Gasteiger partial charge in [-0.05, 0) is 17.7 Å². The van der Waals surface area contributed by atoms with Crippen LogP contribution in [0.25, 0.3) is 6.08 Å². The highest BCUT2D eigenvalue weighted by Gasteiger charge is 1.96. The summed E-state index contributed by atoms with van der Waals surface area (Å²) < 4.78 is 13.0. The Morgan fingerprint density at radius 3 is 2.93 bits per heavy atom. The van der Waals surface area contributed by atoms with Crippen LogP contribution in [-0.2, 0) is 4.79 Å². The van der Waals surface area contributed by atoms with Crippen molar-refractivity contribution >= 4 is 28.6 Å². The van der Waals surface area contributed by atoms with Crippen molar-refractivity contribution < 1.29 is 9.18 Å². The maximum atomic E-state index is 13.0. The van der Waals surface area contributed by atoms with Crippen molar-refractivity contribution in [3.63, 3.8) is 0 Å². The number of thioether (sulfide) groups is 1. The van der Waals surface area contributed by atoms with E-state index in [0.717, 1.165) is 5.56 Å². The number of benzene rings is 1. The van der Waals surface area contributed by atoms with Crippen LogP contribution in [0.5, 0.6) is 0 Å². The van der Waals surface area contributed by atoms with E-state index in [1.165, 1.54) is 30.8 Å². The van der Waals surface area contributed by atoms with E-state index in [1.54, 1.807) is 12.1 Å². The van der Waals surface area contributed by atoms with Gasteiger partial charge in [-0.3, -0.25) is 4.79 Å². The molecule has 0 unspecified atom stereocenters. The van der Waals surface area contributed by atoms with Gasteiger partial charge in [0.2, 0.25) is 0 Å². The molecule has 2 N–H and O–H groups in total. The largest absolute Gasteiger partial charge is 0.396 e. The second-order valence-corrected chi connectivity index (χ2v) is 4.18. The number of carbonyl (C=O) groups excluding carboxylic acids is 1. The van der Waals surface area contributed by atoms with Crippen LogP contribution in [-0.4, -0.2) is 10.9 Å². The zero-order valence-corrected chi connectivity index (χ0v) is 9.18. The smallest absolute Gasteiger partial charge is 0.186 e. The van der Waals surface area contributed by atoms with E-state index in [-0.39, 0.29) is 10.8 Å². The molecule has 2 nitrogen and oxygen atoms in total. The number of anilines is 1. The number of nitrogens with two attached hydrogens (primary N) is 1. The van der Waals surface area contributed by atoms with Crippen LogP contribution in [0.15, 0.2) is 24.3 Å². The Morgan fingerprint density at radius 1 is 1.60 bits per heavy atom. The van der Waals surface area contributed by atoms with E-state index in [9.17, 15) is 9.18 Å². The Morgan fingerprint density at radius 2 is 2.33 bits per heavy atom. The van der Waals surface area contributed by atoms with E-state index < -0.39 is 5.82 Å². The van der Waals surface area contributed by atoms with Crippen LogP contribution in [0, 0.1) is 5.82 Å². The Balaban J connectivity index is 2.57. The predicted octanol–water partition coefficient (Wildman–Crippen LogP) is 2.70. The van der Waals surface area contributed by atoms with Crippen molar-refractivity contribution in [3.8, 4) is 0 Å². The van der Waals surface area contributed by atoms with Crippen molar-refractivity contribution in [2.75, 3.05) is 11.5 Å². The quantitative estimate of drug-likeness (QED) is 0.804. The third-order valence-electron chi connectivity index (χ3n) is 1.72. The molecule has 15 heavy (non-hydrogen) atoms. The zero-order valence-electron chi connectivity index (χ0n) is 8.37. The second kappa shape index (κ2) is 5.56. The molecule has 1 rings (SSSR count). The molecule has 0 bridgehead atoms. The summed E-state index contributed by atoms with van der Waals surface area (Å²) in [5.41, 5.74) is 6.22. The highest BCUT2D eigenvalue weighted by molar-refractivity contribution is 8.13. The summed E-state index contributed by atoms with van der Waals surface area (Å²) in [4.78, 5) is 10.6. The summed E-state index contributed by atoms with van der Waals surface area (Å²) in [5, 5.41) is 0.0723. The molecule has 0 heterocycles. The van der Waals surface area contributed by atoms with Crippen LogP contribution in [0.2, 0.25) is 0 Å². The molecular formula is C11H12FNOS. The van der Waals surface area contributed by atoms with Gasteiger partial charge >= 0.3 is 0 Å². The number of carbonyl (C=O) groups is 1. The first-order valence-electron chi connectivity index (χ1n) is 4.44. The lowest BCUT2D eigenvalue weighted by Crippen LogP contribution is -1.89. The maximum Gasteiger partial charge on any atom is 0.186 e. The first-order chi connectivity index (χ1) is 7.09. The van der Waals surface area contributed by atoms with Gasteiger partial charge < -0.3 is 5.73 Å². The van der Waals surface area contributed by atoms with Crippen LogP contribution in [0.3, 0.4) is 0 Å². The summed E-state index contributed by atoms with van der Waals surface area (Å²) in [6.07, 6.45) is 3.58. The van der Waals surface area contributed by atoms with Crippen molar-refractivity contribution in [2.45, 2.75) is 6.92 Å². The minimum absolute atomic E-state index is 0.0723. The van der Waals surface area contributed by atoms with Crippen molar-refractivity contribution in [1.82, 2.24) is 0 Å². The molecule has 1 aromatic rings. The molecule has 0 aromatic heterocycles. The summed E-state index contributed by atoms with van der Waals surface area (Å²) >= 11 is 1.21. The molecule has 0 spiro atoms. The van der Waals surface area contributed by atoms with Crippen LogP contribution >= 0.6 is 11.8 Å². The summed E-state index contributed by atoms with van der Waals surface area (Å²) in [7, 11) is 0. The molecule has 4 heteroatoms. The minimum atomic E-state index is -0.420. The van der Waals surface area contributed by atoms with Gasteiger partial charge in [-0.1, -0.05) is 30.0 Å². The SMILES string of the molecule is CC(=O)SCC=Cc1ccc(N)c(F)c1. The Labute approximate surface area is 92.4 Å². The van der Waals surface area contributed by atoms with Gasteiger partial charge in [0, 0.05) is 12.7 Å². The van der Waals surface area contributed by atoms with Crippen molar-refractivity contribution in [3.05, 3.63) is 35.7 Å². The Bertz CT molecular complexity index is 390. The van der Waals surface area contributed by atoms with Gasteiger partial charge in [0.1, 0.15) is 5.82 Å². The number of halogens is 1. The van der Waals surface area contributed by atoms with Crippen LogP contribution < -0.4 is 5.73 Å². The van der Waals surface area contributed by atoms with E-state index in [0.29, 0.717) is 5.75 Å². The van der Waals surface area contributed by atoms with Gasteiger partial charge in [0.15, 0.2) is 5.12 Å². The minimum Gasteiger partial charge on any atom is -0.396 e. The standard InChI is InChI=1S/C11H12FNOS/c1-8(14)15-6-2-3-9-4-5-11(13)10(12)7-9/h2-5,7H,6,13H2,1H3. The molecule has 0 aliphatic heterocycles. The summed E-state index contributed by atoms with van der Waals surface area (Å²) in [6, 6.07) is 4.62. The molecule has 0 fully saturated rings. The topological polar surface area (TPSA) is 43.1 Å². The lowest BCUT2D eigenvalue weighted by Gasteiger charge is -1.97. The second-order valence-electron chi connectivity index (χ2n) is 2.99. The average Bonchev–Trinajstić information content (AvgIpc) is 2.18. The van der Waals surface area contributed by atoms with Gasteiger partial charge in [-0.15, -0.1) is 0 Å². The molecule has 0 radical (unpaired) electrons. The average molecular weight is 225 g/mol. The van der Waals surface area contributed by atoms with Gasteiger partial charge in [0.05, 0.1) is 5.69 Å². The fourth-order valence-corrected chi connectivity index (χ4v) is 1.42. The molecule has 0 saturated heterocycles. The lowest BCUT2D eigenvalue weighted by molar-refractivity contribution is -0.109.